The SMILES string of the molecule is COCCn1c(SCC(=O)Nc2cc(F)ccc2Cl)nc2ccsc2c1=O. The van der Waals surface area contributed by atoms with Crippen LogP contribution in [0, 0.1) is 5.82 Å². The summed E-state index contributed by atoms with van der Waals surface area (Å²) in [5.41, 5.74) is 0.623. The number of aromatic nitrogens is 2. The molecular formula is C17H15ClFN3O3S2. The highest BCUT2D eigenvalue weighted by atomic mass is 35.5. The number of thioether (sulfide) groups is 1. The number of fused-ring (bicyclic) bond motifs is 1. The van der Waals surface area contributed by atoms with E-state index >= 15 is 0 Å². The summed E-state index contributed by atoms with van der Waals surface area (Å²) in [7, 11) is 1.55. The molecule has 1 aromatic carbocycles. The number of carbonyl (C=O) groups excluding carboxylic acids is 1. The minimum Gasteiger partial charge on any atom is -0.383 e. The number of carbonyl (C=O) groups is 1. The Morgan fingerprint density at radius 1 is 1.44 bits per heavy atom. The molecule has 1 N–H and O–H groups in total. The van der Waals surface area contributed by atoms with Crippen molar-refractivity contribution in [3.63, 3.8) is 0 Å². The Bertz CT molecular complexity index is 1040. The molecule has 0 unspecified atom stereocenters. The average molecular weight is 428 g/mol. The highest BCUT2D eigenvalue weighted by Crippen LogP contribution is 2.24. The van der Waals surface area contributed by atoms with E-state index in [0.717, 1.165) is 17.8 Å². The Kier molecular flexibility index (Phi) is 6.48. The number of hydrogen-bond donors (Lipinski definition) is 1. The largest absolute Gasteiger partial charge is 0.383 e. The van der Waals surface area contributed by atoms with Gasteiger partial charge in [0.2, 0.25) is 5.91 Å². The first-order valence-corrected chi connectivity index (χ1v) is 10.1. The van der Waals surface area contributed by atoms with Crippen LogP contribution in [0.3, 0.4) is 0 Å². The van der Waals surface area contributed by atoms with Crippen LogP contribution in [0.5, 0.6) is 0 Å². The van der Waals surface area contributed by atoms with Gasteiger partial charge in [-0.25, -0.2) is 9.37 Å². The molecule has 6 nitrogen and oxygen atoms in total. The standard InChI is InChI=1S/C17H15ClFN3O3S2/c1-25-6-5-22-16(24)15-12(4-7-26-15)21-17(22)27-9-14(23)20-13-8-10(19)2-3-11(13)18/h2-4,7-8H,5-6,9H2,1H3,(H,20,23). The molecule has 142 valence electrons. The van der Waals surface area contributed by atoms with Crippen LogP contribution < -0.4 is 10.9 Å². The van der Waals surface area contributed by atoms with Gasteiger partial charge < -0.3 is 10.1 Å². The molecule has 0 atom stereocenters. The monoisotopic (exact) mass is 427 g/mol. The van der Waals surface area contributed by atoms with Crippen LogP contribution in [-0.2, 0) is 16.1 Å². The first-order chi connectivity index (χ1) is 13.0. The molecule has 0 radical (unpaired) electrons. The van der Waals surface area contributed by atoms with Crippen LogP contribution in [0.15, 0.2) is 39.6 Å². The van der Waals surface area contributed by atoms with Crippen LogP contribution in [0.1, 0.15) is 0 Å². The highest BCUT2D eigenvalue weighted by molar-refractivity contribution is 7.99. The van der Waals surface area contributed by atoms with Gasteiger partial charge in [-0.05, 0) is 29.6 Å². The fraction of sp³-hybridized carbons (Fsp3) is 0.235. The molecule has 2 aromatic heterocycles. The summed E-state index contributed by atoms with van der Waals surface area (Å²) in [6, 6.07) is 5.49. The molecule has 0 aliphatic heterocycles. The Morgan fingerprint density at radius 2 is 2.26 bits per heavy atom. The summed E-state index contributed by atoms with van der Waals surface area (Å²) < 4.78 is 20.4. The van der Waals surface area contributed by atoms with E-state index in [1.165, 1.54) is 28.0 Å². The molecule has 0 bridgehead atoms. The van der Waals surface area contributed by atoms with Gasteiger partial charge in [0.05, 0.1) is 35.1 Å². The molecule has 0 fully saturated rings. The van der Waals surface area contributed by atoms with Gasteiger partial charge in [-0.3, -0.25) is 14.2 Å². The molecule has 0 aliphatic carbocycles. The second-order valence-corrected chi connectivity index (χ2v) is 7.71. The Balaban J connectivity index is 1.78. The minimum absolute atomic E-state index is 0.0120. The third-order valence-electron chi connectivity index (χ3n) is 3.58. The molecule has 0 spiro atoms. The van der Waals surface area contributed by atoms with Gasteiger partial charge in [-0.15, -0.1) is 11.3 Å². The molecule has 27 heavy (non-hydrogen) atoms. The summed E-state index contributed by atoms with van der Waals surface area (Å²) in [5, 5.41) is 5.02. The van der Waals surface area contributed by atoms with Crippen molar-refractivity contribution in [3.05, 3.63) is 50.8 Å². The molecule has 10 heteroatoms. The molecule has 1 amide bonds. The van der Waals surface area contributed by atoms with Crippen molar-refractivity contribution in [1.82, 2.24) is 9.55 Å². The van der Waals surface area contributed by atoms with E-state index in [9.17, 15) is 14.0 Å². The Morgan fingerprint density at radius 3 is 3.04 bits per heavy atom. The van der Waals surface area contributed by atoms with Crippen LogP contribution in [0.4, 0.5) is 10.1 Å². The van der Waals surface area contributed by atoms with E-state index in [-0.39, 0.29) is 27.9 Å². The number of nitrogens with one attached hydrogen (secondary N) is 1. The predicted octanol–water partition coefficient (Wildman–Crippen LogP) is 3.63. The number of hydrogen-bond acceptors (Lipinski definition) is 6. The zero-order valence-electron chi connectivity index (χ0n) is 14.2. The van der Waals surface area contributed by atoms with Crippen molar-refractivity contribution < 1.29 is 13.9 Å². The topological polar surface area (TPSA) is 73.2 Å². The number of thiophene rings is 1. The van der Waals surface area contributed by atoms with Crippen molar-refractivity contribution in [2.75, 3.05) is 24.8 Å². The van der Waals surface area contributed by atoms with Crippen molar-refractivity contribution in [2.45, 2.75) is 11.7 Å². The quantitative estimate of drug-likeness (QED) is 0.460. The smallest absolute Gasteiger partial charge is 0.272 e. The number of benzene rings is 1. The molecule has 0 aliphatic rings. The van der Waals surface area contributed by atoms with E-state index in [1.54, 1.807) is 18.6 Å². The fourth-order valence-corrected chi connectivity index (χ4v) is 4.09. The second kappa shape index (κ2) is 8.83. The van der Waals surface area contributed by atoms with Crippen LogP contribution in [0.2, 0.25) is 5.02 Å². The van der Waals surface area contributed by atoms with Gasteiger partial charge in [0.25, 0.3) is 5.56 Å². The van der Waals surface area contributed by atoms with Gasteiger partial charge in [0.15, 0.2) is 5.16 Å². The summed E-state index contributed by atoms with van der Waals surface area (Å²) in [6.45, 7) is 0.674. The molecule has 0 saturated heterocycles. The van der Waals surface area contributed by atoms with E-state index in [4.69, 9.17) is 16.3 Å². The lowest BCUT2D eigenvalue weighted by molar-refractivity contribution is -0.113. The maximum atomic E-state index is 13.3. The molecular weight excluding hydrogens is 413 g/mol. The van der Waals surface area contributed by atoms with Crippen molar-refractivity contribution in [3.8, 4) is 0 Å². The minimum atomic E-state index is -0.500. The maximum absolute atomic E-state index is 13.3. The first-order valence-electron chi connectivity index (χ1n) is 7.84. The maximum Gasteiger partial charge on any atom is 0.272 e. The zero-order valence-corrected chi connectivity index (χ0v) is 16.6. The molecule has 0 saturated carbocycles. The normalized spacial score (nSPS) is 11.1. The molecule has 3 rings (SSSR count). The summed E-state index contributed by atoms with van der Waals surface area (Å²) >= 11 is 8.40. The van der Waals surface area contributed by atoms with Crippen molar-refractivity contribution in [2.24, 2.45) is 0 Å². The van der Waals surface area contributed by atoms with Crippen molar-refractivity contribution >= 4 is 56.5 Å². The number of nitrogens with zero attached hydrogens (tertiary/aromatic N) is 2. The molecule has 2 heterocycles. The lowest BCUT2D eigenvalue weighted by Gasteiger charge is -2.12. The first kappa shape index (κ1) is 19.8. The lowest BCUT2D eigenvalue weighted by Crippen LogP contribution is -2.25. The third-order valence-corrected chi connectivity index (χ3v) is 5.78. The predicted molar refractivity (Wildman–Crippen MR) is 107 cm³/mol. The number of methoxy groups -OCH3 is 1. The van der Waals surface area contributed by atoms with E-state index in [1.807, 2.05) is 0 Å². The Hall–Kier alpha value is -1.94. The van der Waals surface area contributed by atoms with E-state index in [0.29, 0.717) is 28.5 Å². The molecule has 3 aromatic rings. The summed E-state index contributed by atoms with van der Waals surface area (Å²) in [4.78, 5) is 29.3. The van der Waals surface area contributed by atoms with Gasteiger partial charge >= 0.3 is 0 Å². The number of amides is 1. The fourth-order valence-electron chi connectivity index (χ4n) is 2.32. The number of halogens is 2. The highest BCUT2D eigenvalue weighted by Gasteiger charge is 2.15. The van der Waals surface area contributed by atoms with Crippen LogP contribution in [0.25, 0.3) is 10.2 Å². The second-order valence-electron chi connectivity index (χ2n) is 5.44. The third kappa shape index (κ3) is 4.67. The number of ether oxygens (including phenoxy) is 1. The Labute approximate surface area is 167 Å². The number of rotatable bonds is 7. The summed E-state index contributed by atoms with van der Waals surface area (Å²) in [5.74, 6) is -0.896. The van der Waals surface area contributed by atoms with E-state index in [2.05, 4.69) is 10.3 Å². The van der Waals surface area contributed by atoms with Gasteiger partial charge in [0, 0.05) is 7.11 Å². The van der Waals surface area contributed by atoms with Crippen LogP contribution >= 0.6 is 34.7 Å². The van der Waals surface area contributed by atoms with Gasteiger partial charge in [-0.1, -0.05) is 23.4 Å². The zero-order chi connectivity index (χ0) is 19.4. The van der Waals surface area contributed by atoms with Gasteiger partial charge in [0.1, 0.15) is 10.5 Å². The van der Waals surface area contributed by atoms with Crippen LogP contribution in [-0.4, -0.2) is 34.9 Å². The number of anilines is 1. The lowest BCUT2D eigenvalue weighted by atomic mass is 10.3. The average Bonchev–Trinajstić information content (AvgIpc) is 3.11. The van der Waals surface area contributed by atoms with E-state index < -0.39 is 5.82 Å². The van der Waals surface area contributed by atoms with Gasteiger partial charge in [-0.2, -0.15) is 0 Å². The van der Waals surface area contributed by atoms with Crippen molar-refractivity contribution in [1.29, 1.82) is 0 Å². The summed E-state index contributed by atoms with van der Waals surface area (Å²) in [6.07, 6.45) is 0.